The SMILES string of the molecule is O=C1CCC(NC(=O)c2cc(-c3ccc(O)cc3)nc3[nH]ncc23)CN1. The first-order valence-electron chi connectivity index (χ1n) is 8.31. The summed E-state index contributed by atoms with van der Waals surface area (Å²) in [5.74, 6) is -0.0695. The first kappa shape index (κ1) is 16.1. The number of aromatic hydroxyl groups is 1. The maximum absolute atomic E-state index is 12.8. The molecule has 1 aliphatic rings. The number of hydrogen-bond acceptors (Lipinski definition) is 5. The van der Waals surface area contributed by atoms with E-state index in [1.54, 1.807) is 36.5 Å². The Morgan fingerprint density at radius 2 is 2.08 bits per heavy atom. The van der Waals surface area contributed by atoms with Crippen molar-refractivity contribution < 1.29 is 14.7 Å². The van der Waals surface area contributed by atoms with Gasteiger partial charge in [0.05, 0.1) is 22.8 Å². The third kappa shape index (κ3) is 3.08. The fraction of sp³-hybridized carbons (Fsp3) is 0.222. The molecule has 2 amide bonds. The van der Waals surface area contributed by atoms with Gasteiger partial charge in [0.25, 0.3) is 5.91 Å². The lowest BCUT2D eigenvalue weighted by Gasteiger charge is -2.23. The maximum atomic E-state index is 12.8. The molecule has 0 aliphatic carbocycles. The average Bonchev–Trinajstić information content (AvgIpc) is 3.12. The van der Waals surface area contributed by atoms with E-state index in [0.717, 1.165) is 5.56 Å². The molecular weight excluding hydrogens is 334 g/mol. The first-order valence-corrected chi connectivity index (χ1v) is 8.31. The number of carbonyl (C=O) groups is 2. The number of amides is 2. The number of rotatable bonds is 3. The van der Waals surface area contributed by atoms with Crippen LogP contribution in [0.2, 0.25) is 0 Å². The molecule has 2 aromatic heterocycles. The van der Waals surface area contributed by atoms with E-state index in [0.29, 0.717) is 41.7 Å². The minimum atomic E-state index is -0.236. The van der Waals surface area contributed by atoms with Crippen LogP contribution in [0.3, 0.4) is 0 Å². The fourth-order valence-electron chi connectivity index (χ4n) is 3.02. The van der Waals surface area contributed by atoms with Crippen LogP contribution in [0, 0.1) is 0 Å². The maximum Gasteiger partial charge on any atom is 0.252 e. The van der Waals surface area contributed by atoms with Crippen LogP contribution < -0.4 is 10.6 Å². The highest BCUT2D eigenvalue weighted by Crippen LogP contribution is 2.25. The summed E-state index contributed by atoms with van der Waals surface area (Å²) in [6.45, 7) is 0.426. The van der Waals surface area contributed by atoms with E-state index < -0.39 is 0 Å². The number of phenols is 1. The van der Waals surface area contributed by atoms with Gasteiger partial charge in [0.15, 0.2) is 5.65 Å². The zero-order valence-electron chi connectivity index (χ0n) is 13.8. The lowest BCUT2D eigenvalue weighted by molar-refractivity contribution is -0.122. The molecule has 0 radical (unpaired) electrons. The van der Waals surface area contributed by atoms with Crippen LogP contribution in [0.15, 0.2) is 36.5 Å². The minimum Gasteiger partial charge on any atom is -0.508 e. The molecule has 132 valence electrons. The molecule has 1 saturated heterocycles. The van der Waals surface area contributed by atoms with Gasteiger partial charge in [0.1, 0.15) is 5.75 Å². The fourth-order valence-corrected chi connectivity index (χ4v) is 3.02. The van der Waals surface area contributed by atoms with E-state index in [2.05, 4.69) is 25.8 Å². The topological polar surface area (TPSA) is 120 Å². The van der Waals surface area contributed by atoms with Crippen molar-refractivity contribution in [1.29, 1.82) is 0 Å². The lowest BCUT2D eigenvalue weighted by atomic mass is 10.0. The molecule has 3 aromatic rings. The van der Waals surface area contributed by atoms with E-state index >= 15 is 0 Å². The highest BCUT2D eigenvalue weighted by molar-refractivity contribution is 6.06. The largest absolute Gasteiger partial charge is 0.508 e. The van der Waals surface area contributed by atoms with Crippen molar-refractivity contribution in [3.05, 3.63) is 42.1 Å². The van der Waals surface area contributed by atoms with Gasteiger partial charge >= 0.3 is 0 Å². The van der Waals surface area contributed by atoms with E-state index in [9.17, 15) is 14.7 Å². The highest BCUT2D eigenvalue weighted by Gasteiger charge is 2.22. The first-order chi connectivity index (χ1) is 12.6. The number of aromatic nitrogens is 3. The van der Waals surface area contributed by atoms with E-state index in [1.807, 2.05) is 0 Å². The Balaban J connectivity index is 1.67. The second-order valence-electron chi connectivity index (χ2n) is 6.25. The van der Waals surface area contributed by atoms with Gasteiger partial charge in [-0.2, -0.15) is 5.10 Å². The second-order valence-corrected chi connectivity index (χ2v) is 6.25. The van der Waals surface area contributed by atoms with Gasteiger partial charge in [-0.05, 0) is 36.8 Å². The smallest absolute Gasteiger partial charge is 0.252 e. The van der Waals surface area contributed by atoms with Gasteiger partial charge < -0.3 is 15.7 Å². The molecular formula is C18H17N5O3. The monoisotopic (exact) mass is 351 g/mol. The number of piperidine rings is 1. The Hall–Kier alpha value is -3.42. The van der Waals surface area contributed by atoms with Crippen molar-refractivity contribution in [1.82, 2.24) is 25.8 Å². The highest BCUT2D eigenvalue weighted by atomic mass is 16.3. The number of phenolic OH excluding ortho intramolecular Hbond substituents is 1. The van der Waals surface area contributed by atoms with Gasteiger partial charge in [0, 0.05) is 24.6 Å². The second kappa shape index (κ2) is 6.47. The van der Waals surface area contributed by atoms with E-state index in [-0.39, 0.29) is 23.6 Å². The zero-order chi connectivity index (χ0) is 18.1. The molecule has 1 aliphatic heterocycles. The normalized spacial score (nSPS) is 17.1. The van der Waals surface area contributed by atoms with Crippen molar-refractivity contribution in [3.8, 4) is 17.0 Å². The molecule has 1 aromatic carbocycles. The minimum absolute atomic E-state index is 0.00579. The third-order valence-corrected chi connectivity index (χ3v) is 4.43. The Labute approximate surface area is 148 Å². The molecule has 8 heteroatoms. The predicted octanol–water partition coefficient (Wildman–Crippen LogP) is 1.34. The molecule has 1 fully saturated rings. The molecule has 0 bridgehead atoms. The standard InChI is InChI=1S/C18H17N5O3/c24-12-4-1-10(2-5-12)15-7-13(14-9-20-23-17(14)22-15)18(26)21-11-3-6-16(25)19-8-11/h1-2,4-5,7,9,11,24H,3,6,8H2,(H,19,25)(H,21,26)(H,20,22,23). The summed E-state index contributed by atoms with van der Waals surface area (Å²) in [6, 6.07) is 8.21. The van der Waals surface area contributed by atoms with Crippen LogP contribution in [0.4, 0.5) is 0 Å². The van der Waals surface area contributed by atoms with Crippen LogP contribution in [0.1, 0.15) is 23.2 Å². The van der Waals surface area contributed by atoms with Crippen LogP contribution in [-0.4, -0.2) is 44.7 Å². The molecule has 8 nitrogen and oxygen atoms in total. The number of nitrogens with one attached hydrogen (secondary N) is 3. The van der Waals surface area contributed by atoms with Gasteiger partial charge in [-0.3, -0.25) is 14.7 Å². The Morgan fingerprint density at radius 3 is 2.81 bits per heavy atom. The molecule has 1 atom stereocenters. The average molecular weight is 351 g/mol. The number of pyridine rings is 1. The summed E-state index contributed by atoms with van der Waals surface area (Å²) in [6.07, 6.45) is 2.59. The number of fused-ring (bicyclic) bond motifs is 1. The Kier molecular flexibility index (Phi) is 4.00. The molecule has 0 saturated carbocycles. The van der Waals surface area contributed by atoms with Gasteiger partial charge in [-0.15, -0.1) is 0 Å². The summed E-state index contributed by atoms with van der Waals surface area (Å²) < 4.78 is 0. The van der Waals surface area contributed by atoms with Crippen LogP contribution in [0.5, 0.6) is 5.75 Å². The molecule has 4 N–H and O–H groups in total. The third-order valence-electron chi connectivity index (χ3n) is 4.43. The summed E-state index contributed by atoms with van der Waals surface area (Å²) in [4.78, 5) is 28.6. The number of nitrogens with zero attached hydrogens (tertiary/aromatic N) is 2. The predicted molar refractivity (Wildman–Crippen MR) is 94.5 cm³/mol. The van der Waals surface area contributed by atoms with Gasteiger partial charge in [-0.25, -0.2) is 4.98 Å². The molecule has 1 unspecified atom stereocenters. The van der Waals surface area contributed by atoms with Crippen molar-refractivity contribution in [3.63, 3.8) is 0 Å². The quantitative estimate of drug-likeness (QED) is 0.567. The molecule has 0 spiro atoms. The summed E-state index contributed by atoms with van der Waals surface area (Å²) >= 11 is 0. The Morgan fingerprint density at radius 1 is 1.27 bits per heavy atom. The van der Waals surface area contributed by atoms with Crippen molar-refractivity contribution >= 4 is 22.8 Å². The number of H-pyrrole nitrogens is 1. The number of benzene rings is 1. The number of aromatic amines is 1. The number of carbonyl (C=O) groups excluding carboxylic acids is 2. The van der Waals surface area contributed by atoms with E-state index in [4.69, 9.17) is 0 Å². The van der Waals surface area contributed by atoms with Crippen LogP contribution >= 0.6 is 0 Å². The molecule has 26 heavy (non-hydrogen) atoms. The van der Waals surface area contributed by atoms with Crippen molar-refractivity contribution in [2.75, 3.05) is 6.54 Å². The van der Waals surface area contributed by atoms with Crippen molar-refractivity contribution in [2.45, 2.75) is 18.9 Å². The molecule has 3 heterocycles. The summed E-state index contributed by atoms with van der Waals surface area (Å²) in [7, 11) is 0. The van der Waals surface area contributed by atoms with Crippen molar-refractivity contribution in [2.24, 2.45) is 0 Å². The lowest BCUT2D eigenvalue weighted by Crippen LogP contribution is -2.47. The molecule has 4 rings (SSSR count). The number of hydrogen-bond donors (Lipinski definition) is 4. The van der Waals surface area contributed by atoms with Gasteiger partial charge in [-0.1, -0.05) is 0 Å². The Bertz CT molecular complexity index is 970. The van der Waals surface area contributed by atoms with E-state index in [1.165, 1.54) is 0 Å². The van der Waals surface area contributed by atoms with Crippen LogP contribution in [-0.2, 0) is 4.79 Å². The summed E-state index contributed by atoms with van der Waals surface area (Å²) in [5.41, 5.74) is 2.35. The van der Waals surface area contributed by atoms with Gasteiger partial charge in [0.2, 0.25) is 5.91 Å². The summed E-state index contributed by atoms with van der Waals surface area (Å²) in [5, 5.41) is 22.6. The van der Waals surface area contributed by atoms with Crippen LogP contribution in [0.25, 0.3) is 22.3 Å². The zero-order valence-corrected chi connectivity index (χ0v) is 13.8.